The number of anilines is 1. The van der Waals surface area contributed by atoms with Crippen molar-refractivity contribution in [1.82, 2.24) is 20.6 Å². The van der Waals surface area contributed by atoms with Crippen molar-refractivity contribution in [3.05, 3.63) is 77.6 Å². The molecule has 0 spiro atoms. The quantitative estimate of drug-likeness (QED) is 0.405. The van der Waals surface area contributed by atoms with Crippen molar-refractivity contribution >= 4 is 22.5 Å². The number of fused-ring (bicyclic) bond motifs is 1. The summed E-state index contributed by atoms with van der Waals surface area (Å²) in [6, 6.07) is 17.4. The molecule has 0 saturated heterocycles. The lowest BCUT2D eigenvalue weighted by molar-refractivity contribution is 0.101. The second kappa shape index (κ2) is 9.09. The Labute approximate surface area is 180 Å². The largest absolute Gasteiger partial charge is 0.370 e. The Balaban J connectivity index is 1.53. The molecule has 31 heavy (non-hydrogen) atoms. The van der Waals surface area contributed by atoms with Crippen LogP contribution in [0.15, 0.2) is 72.1 Å². The third kappa shape index (κ3) is 4.70. The highest BCUT2D eigenvalue weighted by molar-refractivity contribution is 5.95. The minimum atomic E-state index is 0.00873. The molecule has 4 rings (SSSR count). The molecule has 0 aliphatic carbocycles. The number of ketones is 1. The first-order chi connectivity index (χ1) is 15.1. The number of benzene rings is 2. The van der Waals surface area contributed by atoms with Crippen molar-refractivity contribution in [2.24, 2.45) is 0 Å². The first-order valence-electron chi connectivity index (χ1n) is 10.0. The molecule has 7 nitrogen and oxygen atoms in total. The molecule has 3 aromatic rings. The van der Waals surface area contributed by atoms with E-state index in [9.17, 15) is 4.79 Å². The lowest BCUT2D eigenvalue weighted by Gasteiger charge is -2.16. The summed E-state index contributed by atoms with van der Waals surface area (Å²) >= 11 is 0. The van der Waals surface area contributed by atoms with Gasteiger partial charge in [-0.15, -0.1) is 0 Å². The van der Waals surface area contributed by atoms with Crippen molar-refractivity contribution in [3.63, 3.8) is 0 Å². The number of aromatic nitrogens is 2. The molecule has 0 unspecified atom stereocenters. The lowest BCUT2D eigenvalue weighted by atomic mass is 10.1. The van der Waals surface area contributed by atoms with Crippen molar-refractivity contribution in [1.29, 1.82) is 5.26 Å². The summed E-state index contributed by atoms with van der Waals surface area (Å²) in [6.45, 7) is 3.39. The predicted octanol–water partition coefficient (Wildman–Crippen LogP) is 3.40. The Morgan fingerprint density at radius 1 is 1.10 bits per heavy atom. The van der Waals surface area contributed by atoms with Crippen LogP contribution in [-0.4, -0.2) is 35.4 Å². The van der Waals surface area contributed by atoms with Gasteiger partial charge in [0.2, 0.25) is 0 Å². The number of allylic oxidation sites excluding steroid dienone is 2. The molecule has 0 bridgehead atoms. The molecule has 7 heteroatoms. The minimum absolute atomic E-state index is 0.00873. The first-order valence-corrected chi connectivity index (χ1v) is 10.0. The molecule has 0 saturated carbocycles. The Kier molecular flexibility index (Phi) is 5.90. The molecule has 0 fully saturated rings. The molecular formula is C24H22N6O. The zero-order chi connectivity index (χ0) is 21.6. The molecule has 0 radical (unpaired) electrons. The standard InChI is InChI=1S/C24H22N6O/c1-16(31)18-5-4-6-19(13-18)23-29-21-8-3-2-7-20(21)24(30-23)27-12-11-26-22-10-9-17(14-25)15-28-22/h2-10,13,26,28H,11-12,15H2,1H3,(H,27,29,30). The summed E-state index contributed by atoms with van der Waals surface area (Å²) < 4.78 is 0. The van der Waals surface area contributed by atoms with Crippen molar-refractivity contribution in [2.75, 3.05) is 25.0 Å². The van der Waals surface area contributed by atoms with Gasteiger partial charge in [-0.05, 0) is 37.3 Å². The Bertz CT molecular complexity index is 1240. The van der Waals surface area contributed by atoms with E-state index in [0.29, 0.717) is 36.6 Å². The fourth-order valence-corrected chi connectivity index (χ4v) is 3.29. The van der Waals surface area contributed by atoms with E-state index in [1.54, 1.807) is 13.0 Å². The van der Waals surface area contributed by atoms with E-state index in [1.165, 1.54) is 0 Å². The van der Waals surface area contributed by atoms with E-state index < -0.39 is 0 Å². The topological polar surface area (TPSA) is 103 Å². The van der Waals surface area contributed by atoms with Crippen LogP contribution in [-0.2, 0) is 0 Å². The number of carbonyl (C=O) groups excluding carboxylic acids is 1. The smallest absolute Gasteiger partial charge is 0.162 e. The molecule has 1 aliphatic heterocycles. The number of hydrogen-bond acceptors (Lipinski definition) is 7. The van der Waals surface area contributed by atoms with E-state index in [1.807, 2.05) is 54.6 Å². The van der Waals surface area contributed by atoms with Crippen LogP contribution in [0.4, 0.5) is 5.82 Å². The van der Waals surface area contributed by atoms with E-state index in [4.69, 9.17) is 15.2 Å². The summed E-state index contributed by atoms with van der Waals surface area (Å²) in [4.78, 5) is 21.2. The molecular weight excluding hydrogens is 388 g/mol. The zero-order valence-electron chi connectivity index (χ0n) is 17.1. The number of nitriles is 1. The highest BCUT2D eigenvalue weighted by atomic mass is 16.1. The summed E-state index contributed by atoms with van der Waals surface area (Å²) in [5, 5.41) is 19.7. The normalized spacial score (nSPS) is 12.9. The van der Waals surface area contributed by atoms with Gasteiger partial charge in [0.05, 0.1) is 24.0 Å². The number of Topliss-reactive ketones (excluding diaryl/α,β-unsaturated/α-hetero) is 1. The maximum absolute atomic E-state index is 11.8. The Morgan fingerprint density at radius 3 is 2.71 bits per heavy atom. The summed E-state index contributed by atoms with van der Waals surface area (Å²) in [5.41, 5.74) is 2.98. The van der Waals surface area contributed by atoms with Gasteiger partial charge in [0.15, 0.2) is 11.6 Å². The summed E-state index contributed by atoms with van der Waals surface area (Å²) in [7, 11) is 0. The van der Waals surface area contributed by atoms with Crippen LogP contribution >= 0.6 is 0 Å². The van der Waals surface area contributed by atoms with E-state index in [2.05, 4.69) is 22.0 Å². The van der Waals surface area contributed by atoms with Crippen molar-refractivity contribution in [2.45, 2.75) is 6.92 Å². The average molecular weight is 410 g/mol. The molecule has 0 atom stereocenters. The molecule has 1 aliphatic rings. The van der Waals surface area contributed by atoms with E-state index >= 15 is 0 Å². The van der Waals surface area contributed by atoms with E-state index in [0.717, 1.165) is 28.1 Å². The second-order valence-corrected chi connectivity index (χ2v) is 7.14. The number of carbonyl (C=O) groups is 1. The highest BCUT2D eigenvalue weighted by Gasteiger charge is 2.11. The monoisotopic (exact) mass is 410 g/mol. The van der Waals surface area contributed by atoms with Gasteiger partial charge >= 0.3 is 0 Å². The van der Waals surface area contributed by atoms with Gasteiger partial charge in [0.1, 0.15) is 5.82 Å². The first kappa shape index (κ1) is 20.1. The molecule has 2 heterocycles. The highest BCUT2D eigenvalue weighted by Crippen LogP contribution is 2.25. The van der Waals surface area contributed by atoms with Crippen LogP contribution in [0.3, 0.4) is 0 Å². The average Bonchev–Trinajstić information content (AvgIpc) is 2.82. The van der Waals surface area contributed by atoms with Gasteiger partial charge in [0.25, 0.3) is 0 Å². The number of hydrogen-bond donors (Lipinski definition) is 3. The van der Waals surface area contributed by atoms with Crippen LogP contribution < -0.4 is 16.0 Å². The predicted molar refractivity (Wildman–Crippen MR) is 121 cm³/mol. The number of nitrogens with one attached hydrogen (secondary N) is 3. The summed E-state index contributed by atoms with van der Waals surface area (Å²) in [6.07, 6.45) is 3.67. The van der Waals surface area contributed by atoms with Gasteiger partial charge in [-0.2, -0.15) is 5.26 Å². The molecule has 154 valence electrons. The molecule has 2 aromatic carbocycles. The summed E-state index contributed by atoms with van der Waals surface area (Å²) in [5.74, 6) is 2.21. The maximum atomic E-state index is 11.8. The number of rotatable bonds is 7. The SMILES string of the molecule is CC(=O)c1cccc(-c2nc(NCCNC3=CC=C(C#N)CN3)c3ccccc3n2)c1. The molecule has 3 N–H and O–H groups in total. The third-order valence-corrected chi connectivity index (χ3v) is 4.93. The number of nitrogens with zero attached hydrogens (tertiary/aromatic N) is 3. The number of dihydropyridines is 1. The van der Waals surface area contributed by atoms with Crippen LogP contribution in [0, 0.1) is 11.3 Å². The fraction of sp³-hybridized carbons (Fsp3) is 0.167. The second-order valence-electron chi connectivity index (χ2n) is 7.14. The van der Waals surface area contributed by atoms with Crippen LogP contribution in [0.2, 0.25) is 0 Å². The molecule has 1 aromatic heterocycles. The van der Waals surface area contributed by atoms with Crippen LogP contribution in [0.1, 0.15) is 17.3 Å². The van der Waals surface area contributed by atoms with E-state index in [-0.39, 0.29) is 5.78 Å². The van der Waals surface area contributed by atoms with Crippen molar-refractivity contribution in [3.8, 4) is 17.5 Å². The van der Waals surface area contributed by atoms with Crippen LogP contribution in [0.25, 0.3) is 22.3 Å². The van der Waals surface area contributed by atoms with Gasteiger partial charge in [-0.3, -0.25) is 4.79 Å². The zero-order valence-corrected chi connectivity index (χ0v) is 17.1. The fourth-order valence-electron chi connectivity index (χ4n) is 3.29. The van der Waals surface area contributed by atoms with Gasteiger partial charge in [-0.25, -0.2) is 9.97 Å². The van der Waals surface area contributed by atoms with Gasteiger partial charge in [0, 0.05) is 35.2 Å². The maximum Gasteiger partial charge on any atom is 0.162 e. The van der Waals surface area contributed by atoms with Gasteiger partial charge < -0.3 is 16.0 Å². The minimum Gasteiger partial charge on any atom is -0.370 e. The Morgan fingerprint density at radius 2 is 1.94 bits per heavy atom. The van der Waals surface area contributed by atoms with Crippen molar-refractivity contribution < 1.29 is 4.79 Å². The Hall–Kier alpha value is -4.18. The third-order valence-electron chi connectivity index (χ3n) is 4.93. The number of para-hydroxylation sites is 1. The van der Waals surface area contributed by atoms with Gasteiger partial charge in [-0.1, -0.05) is 30.3 Å². The van der Waals surface area contributed by atoms with Crippen LogP contribution in [0.5, 0.6) is 0 Å². The molecule has 0 amide bonds. The lowest BCUT2D eigenvalue weighted by Crippen LogP contribution is -2.32.